The molecule has 34 heavy (non-hydrogen) atoms. The van der Waals surface area contributed by atoms with Crippen LogP contribution in [0.3, 0.4) is 0 Å². The molecular formula is C24H22N8OS. The van der Waals surface area contributed by atoms with Crippen LogP contribution in [0.25, 0.3) is 21.1 Å². The second kappa shape index (κ2) is 8.45. The molecule has 0 aliphatic heterocycles. The normalized spacial score (nSPS) is 15.4. The number of fused-ring (bicyclic) bond motifs is 4. The number of carbonyl (C=O) groups excluding carboxylic acids is 1. The lowest BCUT2D eigenvalue weighted by molar-refractivity contribution is -0.125. The lowest BCUT2D eigenvalue weighted by Gasteiger charge is -2.21. The highest BCUT2D eigenvalue weighted by Gasteiger charge is 2.29. The Bertz CT molecular complexity index is 1510. The summed E-state index contributed by atoms with van der Waals surface area (Å²) in [5, 5.41) is 15.6. The van der Waals surface area contributed by atoms with Crippen LogP contribution in [0.1, 0.15) is 28.2 Å². The Hall–Kier alpha value is -3.92. The summed E-state index contributed by atoms with van der Waals surface area (Å²) in [6.07, 6.45) is 9.14. The maximum atomic E-state index is 12.9. The SMILES string of the molecule is Cc1cnc(CNC(=O)C2CCc3c(sc4ncnc(Nc5ccc6[nH]ncc6c5)c34)C2)cn1. The fraction of sp³-hybridized carbons (Fsp3) is 0.250. The molecule has 1 aliphatic carbocycles. The number of aromatic amines is 1. The lowest BCUT2D eigenvalue weighted by atomic mass is 9.87. The number of thiophene rings is 1. The number of nitrogens with zero attached hydrogens (tertiary/aromatic N) is 5. The highest BCUT2D eigenvalue weighted by atomic mass is 32.1. The molecule has 0 spiro atoms. The summed E-state index contributed by atoms with van der Waals surface area (Å²) in [6, 6.07) is 6.05. The van der Waals surface area contributed by atoms with E-state index in [0.29, 0.717) is 13.0 Å². The standard InChI is InChI=1S/C24H22N8OS/c1-13-8-26-17(10-25-13)11-27-23(33)14-2-4-18-20(7-14)34-24-21(18)22(28-12-29-24)31-16-3-5-19-15(6-16)9-30-32-19/h3,5-6,8-10,12,14H,2,4,7,11H2,1H3,(H,27,33)(H,30,32)(H,28,29,31). The Balaban J connectivity index is 1.21. The number of benzene rings is 1. The van der Waals surface area contributed by atoms with Gasteiger partial charge in [0, 0.05) is 28.1 Å². The van der Waals surface area contributed by atoms with E-state index in [1.807, 2.05) is 25.1 Å². The van der Waals surface area contributed by atoms with Gasteiger partial charge in [-0.3, -0.25) is 19.9 Å². The molecule has 1 aromatic carbocycles. The largest absolute Gasteiger partial charge is 0.350 e. The molecule has 1 atom stereocenters. The molecular weight excluding hydrogens is 448 g/mol. The van der Waals surface area contributed by atoms with Crippen molar-refractivity contribution in [1.82, 2.24) is 35.5 Å². The van der Waals surface area contributed by atoms with E-state index >= 15 is 0 Å². The molecule has 3 N–H and O–H groups in total. The van der Waals surface area contributed by atoms with Gasteiger partial charge in [-0.05, 0) is 49.9 Å². The predicted molar refractivity (Wildman–Crippen MR) is 131 cm³/mol. The maximum Gasteiger partial charge on any atom is 0.223 e. The number of carbonyl (C=O) groups is 1. The third kappa shape index (κ3) is 3.86. The van der Waals surface area contributed by atoms with Gasteiger partial charge in [0.05, 0.1) is 41.2 Å². The Morgan fingerprint density at radius 3 is 3.00 bits per heavy atom. The number of rotatable bonds is 5. The smallest absolute Gasteiger partial charge is 0.223 e. The molecule has 170 valence electrons. The minimum Gasteiger partial charge on any atom is -0.350 e. The van der Waals surface area contributed by atoms with Crippen LogP contribution < -0.4 is 10.6 Å². The lowest BCUT2D eigenvalue weighted by Crippen LogP contribution is -2.33. The molecule has 5 aromatic rings. The van der Waals surface area contributed by atoms with Gasteiger partial charge in [-0.1, -0.05) is 0 Å². The molecule has 1 unspecified atom stereocenters. The van der Waals surface area contributed by atoms with Gasteiger partial charge in [-0.2, -0.15) is 5.10 Å². The molecule has 0 radical (unpaired) electrons. The number of hydrogen-bond donors (Lipinski definition) is 3. The van der Waals surface area contributed by atoms with E-state index in [-0.39, 0.29) is 11.8 Å². The first-order valence-corrected chi connectivity index (χ1v) is 12.0. The van der Waals surface area contributed by atoms with Crippen LogP contribution in [0.2, 0.25) is 0 Å². The Labute approximate surface area is 199 Å². The van der Waals surface area contributed by atoms with Crippen LogP contribution in [0.4, 0.5) is 11.5 Å². The van der Waals surface area contributed by atoms with Gasteiger partial charge in [0.2, 0.25) is 5.91 Å². The summed E-state index contributed by atoms with van der Waals surface area (Å²) in [7, 11) is 0. The van der Waals surface area contributed by atoms with E-state index < -0.39 is 0 Å². The van der Waals surface area contributed by atoms with Crippen molar-refractivity contribution in [3.8, 4) is 0 Å². The molecule has 9 nitrogen and oxygen atoms in total. The molecule has 0 saturated heterocycles. The zero-order valence-electron chi connectivity index (χ0n) is 18.5. The van der Waals surface area contributed by atoms with Crippen LogP contribution >= 0.6 is 11.3 Å². The summed E-state index contributed by atoms with van der Waals surface area (Å²) < 4.78 is 0. The Morgan fingerprint density at radius 1 is 1.18 bits per heavy atom. The quantitative estimate of drug-likeness (QED) is 0.357. The van der Waals surface area contributed by atoms with Crippen LogP contribution in [-0.2, 0) is 24.2 Å². The van der Waals surface area contributed by atoms with Gasteiger partial charge in [-0.25, -0.2) is 9.97 Å². The van der Waals surface area contributed by atoms with Crippen molar-refractivity contribution in [2.75, 3.05) is 5.32 Å². The molecule has 1 aliphatic rings. The molecule has 0 bridgehead atoms. The van der Waals surface area contributed by atoms with Crippen LogP contribution in [-0.4, -0.2) is 36.0 Å². The van der Waals surface area contributed by atoms with Gasteiger partial charge >= 0.3 is 0 Å². The molecule has 4 aromatic heterocycles. The fourth-order valence-corrected chi connectivity index (χ4v) is 5.69. The zero-order valence-corrected chi connectivity index (χ0v) is 19.3. The number of hydrogen-bond acceptors (Lipinski definition) is 8. The number of nitrogens with one attached hydrogen (secondary N) is 3. The highest BCUT2D eigenvalue weighted by molar-refractivity contribution is 7.19. The second-order valence-electron chi connectivity index (χ2n) is 8.51. The third-order valence-corrected chi connectivity index (χ3v) is 7.36. The van der Waals surface area contributed by atoms with Crippen molar-refractivity contribution < 1.29 is 4.79 Å². The number of H-pyrrole nitrogens is 1. The predicted octanol–water partition coefficient (Wildman–Crippen LogP) is 3.83. The van der Waals surface area contributed by atoms with Gasteiger partial charge in [0.1, 0.15) is 17.0 Å². The second-order valence-corrected chi connectivity index (χ2v) is 9.59. The average Bonchev–Trinajstić information content (AvgIpc) is 3.47. The molecule has 4 heterocycles. The van der Waals surface area contributed by atoms with Gasteiger partial charge < -0.3 is 10.6 Å². The highest BCUT2D eigenvalue weighted by Crippen LogP contribution is 2.40. The van der Waals surface area contributed by atoms with E-state index in [1.165, 1.54) is 10.4 Å². The summed E-state index contributed by atoms with van der Waals surface area (Å²) in [5.41, 5.74) is 4.81. The topological polar surface area (TPSA) is 121 Å². The van der Waals surface area contributed by atoms with Crippen molar-refractivity contribution in [2.45, 2.75) is 32.7 Å². The zero-order chi connectivity index (χ0) is 23.1. The van der Waals surface area contributed by atoms with E-state index in [9.17, 15) is 4.79 Å². The average molecular weight is 471 g/mol. The minimum atomic E-state index is -0.0631. The van der Waals surface area contributed by atoms with E-state index in [0.717, 1.165) is 56.9 Å². The maximum absolute atomic E-state index is 12.9. The van der Waals surface area contributed by atoms with Crippen molar-refractivity contribution in [3.63, 3.8) is 0 Å². The van der Waals surface area contributed by atoms with Crippen molar-refractivity contribution in [2.24, 2.45) is 5.92 Å². The van der Waals surface area contributed by atoms with E-state index in [2.05, 4.69) is 40.8 Å². The van der Waals surface area contributed by atoms with Crippen molar-refractivity contribution >= 4 is 49.9 Å². The van der Waals surface area contributed by atoms with Gasteiger partial charge in [-0.15, -0.1) is 11.3 Å². The molecule has 0 fully saturated rings. The van der Waals surface area contributed by atoms with Gasteiger partial charge in [0.15, 0.2) is 0 Å². The number of amides is 1. The fourth-order valence-electron chi connectivity index (χ4n) is 4.42. The van der Waals surface area contributed by atoms with E-state index in [4.69, 9.17) is 0 Å². The third-order valence-electron chi connectivity index (χ3n) is 6.20. The molecule has 1 amide bonds. The number of anilines is 2. The Morgan fingerprint density at radius 2 is 2.12 bits per heavy atom. The number of aromatic nitrogens is 6. The summed E-state index contributed by atoms with van der Waals surface area (Å²) in [6.45, 7) is 2.28. The monoisotopic (exact) mass is 470 g/mol. The Kier molecular flexibility index (Phi) is 5.14. The molecule has 10 heteroatoms. The molecule has 6 rings (SSSR count). The van der Waals surface area contributed by atoms with Gasteiger partial charge in [0.25, 0.3) is 0 Å². The van der Waals surface area contributed by atoms with Crippen LogP contribution in [0.5, 0.6) is 0 Å². The minimum absolute atomic E-state index is 0.0586. The number of aryl methyl sites for hydroxylation is 2. The summed E-state index contributed by atoms with van der Waals surface area (Å²) in [4.78, 5) is 32.6. The van der Waals surface area contributed by atoms with Crippen LogP contribution in [0, 0.1) is 12.8 Å². The first kappa shape index (κ1) is 20.7. The van der Waals surface area contributed by atoms with Crippen molar-refractivity contribution in [3.05, 3.63) is 64.9 Å². The summed E-state index contributed by atoms with van der Waals surface area (Å²) >= 11 is 1.66. The van der Waals surface area contributed by atoms with Crippen LogP contribution in [0.15, 0.2) is 43.1 Å². The first-order valence-electron chi connectivity index (χ1n) is 11.1. The first-order chi connectivity index (χ1) is 16.6. The van der Waals surface area contributed by atoms with E-state index in [1.54, 1.807) is 36.3 Å². The molecule has 0 saturated carbocycles. The summed E-state index contributed by atoms with van der Waals surface area (Å²) in [5.74, 6) is 0.793. The van der Waals surface area contributed by atoms with Crippen molar-refractivity contribution in [1.29, 1.82) is 0 Å².